The van der Waals surface area contributed by atoms with Crippen molar-refractivity contribution in [3.63, 3.8) is 0 Å². The molecule has 7 heteroatoms. The molecule has 0 radical (unpaired) electrons. The Balaban J connectivity index is 1.59. The lowest BCUT2D eigenvalue weighted by atomic mass is 10.1. The summed E-state index contributed by atoms with van der Waals surface area (Å²) < 4.78 is 0. The Morgan fingerprint density at radius 2 is 2.33 bits per heavy atom. The highest BCUT2D eigenvalue weighted by atomic mass is 16.2. The van der Waals surface area contributed by atoms with Crippen LogP contribution in [0, 0.1) is 5.92 Å². The van der Waals surface area contributed by atoms with Crippen LogP contribution in [-0.2, 0) is 6.42 Å². The molecule has 2 aromatic rings. The van der Waals surface area contributed by atoms with Gasteiger partial charge in [-0.05, 0) is 31.2 Å². The molecule has 7 nitrogen and oxygen atoms in total. The summed E-state index contributed by atoms with van der Waals surface area (Å²) in [5.74, 6) is 1.27. The molecular formula is C17H24N6O. The van der Waals surface area contributed by atoms with Gasteiger partial charge in [0.25, 0.3) is 5.91 Å². The van der Waals surface area contributed by atoms with Crippen molar-refractivity contribution in [2.75, 3.05) is 18.0 Å². The van der Waals surface area contributed by atoms with E-state index < -0.39 is 0 Å². The largest absolute Gasteiger partial charge is 0.353 e. The first-order chi connectivity index (χ1) is 11.6. The Labute approximate surface area is 141 Å². The predicted molar refractivity (Wildman–Crippen MR) is 91.9 cm³/mol. The number of amides is 1. The monoisotopic (exact) mass is 328 g/mol. The number of carbonyl (C=O) groups is 1. The van der Waals surface area contributed by atoms with Gasteiger partial charge in [-0.3, -0.25) is 14.9 Å². The standard InChI is InChI=1S/C17H24N6O/c1-12(2)8-14-9-15(22-21-14)17(24)20-13-4-3-7-23(11-13)16-10-18-5-6-19-16/h5-6,9-10,12-13H,3-4,7-8,11H2,1-2H3,(H,20,24)(H,21,22). The van der Waals surface area contributed by atoms with E-state index in [4.69, 9.17) is 0 Å². The second-order valence-corrected chi connectivity index (χ2v) is 6.70. The summed E-state index contributed by atoms with van der Waals surface area (Å²) in [6.45, 7) is 5.97. The van der Waals surface area contributed by atoms with Gasteiger partial charge in [0.2, 0.25) is 0 Å². The van der Waals surface area contributed by atoms with Crippen LogP contribution >= 0.6 is 0 Å². The zero-order valence-corrected chi connectivity index (χ0v) is 14.2. The van der Waals surface area contributed by atoms with E-state index in [1.54, 1.807) is 18.6 Å². The van der Waals surface area contributed by atoms with Gasteiger partial charge in [-0.1, -0.05) is 13.8 Å². The van der Waals surface area contributed by atoms with Crippen molar-refractivity contribution in [3.05, 3.63) is 36.0 Å². The Kier molecular flexibility index (Phi) is 5.08. The van der Waals surface area contributed by atoms with Crippen molar-refractivity contribution in [3.8, 4) is 0 Å². The van der Waals surface area contributed by atoms with Crippen LogP contribution in [-0.4, -0.2) is 45.2 Å². The minimum absolute atomic E-state index is 0.0958. The van der Waals surface area contributed by atoms with E-state index in [9.17, 15) is 4.79 Å². The molecule has 128 valence electrons. The molecule has 2 N–H and O–H groups in total. The molecule has 24 heavy (non-hydrogen) atoms. The van der Waals surface area contributed by atoms with Crippen molar-refractivity contribution < 1.29 is 4.79 Å². The van der Waals surface area contributed by atoms with Gasteiger partial charge in [0, 0.05) is 37.2 Å². The number of aromatic nitrogens is 4. The summed E-state index contributed by atoms with van der Waals surface area (Å²) in [6, 6.07) is 1.94. The normalized spacial score (nSPS) is 18.0. The van der Waals surface area contributed by atoms with Crippen molar-refractivity contribution in [2.45, 2.75) is 39.2 Å². The van der Waals surface area contributed by atoms with E-state index in [0.29, 0.717) is 11.6 Å². The van der Waals surface area contributed by atoms with Crippen molar-refractivity contribution in [1.82, 2.24) is 25.5 Å². The first kappa shape index (κ1) is 16.4. The second kappa shape index (κ2) is 7.42. The van der Waals surface area contributed by atoms with E-state index in [1.807, 2.05) is 6.07 Å². The molecule has 1 aliphatic rings. The third-order valence-corrected chi connectivity index (χ3v) is 4.12. The minimum Gasteiger partial charge on any atom is -0.353 e. The Bertz CT molecular complexity index is 669. The number of nitrogens with one attached hydrogen (secondary N) is 2. The van der Waals surface area contributed by atoms with Crippen LogP contribution < -0.4 is 10.2 Å². The first-order valence-electron chi connectivity index (χ1n) is 8.48. The lowest BCUT2D eigenvalue weighted by Gasteiger charge is -2.33. The van der Waals surface area contributed by atoms with Gasteiger partial charge in [-0.25, -0.2) is 4.98 Å². The van der Waals surface area contributed by atoms with Gasteiger partial charge >= 0.3 is 0 Å². The van der Waals surface area contributed by atoms with Crippen LogP contribution in [0.4, 0.5) is 5.82 Å². The van der Waals surface area contributed by atoms with Crippen molar-refractivity contribution >= 4 is 11.7 Å². The van der Waals surface area contributed by atoms with Gasteiger partial charge in [-0.2, -0.15) is 5.10 Å². The first-order valence-corrected chi connectivity index (χ1v) is 8.48. The number of carbonyl (C=O) groups excluding carboxylic acids is 1. The number of nitrogens with zero attached hydrogens (tertiary/aromatic N) is 4. The number of hydrogen-bond acceptors (Lipinski definition) is 5. The fraction of sp³-hybridized carbons (Fsp3) is 0.529. The van der Waals surface area contributed by atoms with E-state index in [0.717, 1.165) is 43.9 Å². The maximum atomic E-state index is 12.4. The summed E-state index contributed by atoms with van der Waals surface area (Å²) in [6.07, 6.45) is 7.99. The zero-order valence-electron chi connectivity index (χ0n) is 14.2. The molecule has 1 aliphatic heterocycles. The summed E-state index contributed by atoms with van der Waals surface area (Å²) in [4.78, 5) is 23.0. The summed E-state index contributed by atoms with van der Waals surface area (Å²) >= 11 is 0. The molecule has 1 amide bonds. The molecule has 3 rings (SSSR count). The van der Waals surface area contributed by atoms with Gasteiger partial charge < -0.3 is 10.2 Å². The number of anilines is 1. The fourth-order valence-corrected chi connectivity index (χ4v) is 3.04. The second-order valence-electron chi connectivity index (χ2n) is 6.70. The third kappa shape index (κ3) is 4.10. The molecule has 0 spiro atoms. The molecule has 3 heterocycles. The van der Waals surface area contributed by atoms with Crippen LogP contribution in [0.25, 0.3) is 0 Å². The Morgan fingerprint density at radius 1 is 1.46 bits per heavy atom. The van der Waals surface area contributed by atoms with E-state index in [2.05, 4.69) is 44.2 Å². The molecule has 0 aromatic carbocycles. The lowest BCUT2D eigenvalue weighted by molar-refractivity contribution is 0.0928. The van der Waals surface area contributed by atoms with Crippen LogP contribution in [0.2, 0.25) is 0 Å². The predicted octanol–water partition coefficient (Wildman–Crippen LogP) is 1.80. The van der Waals surface area contributed by atoms with Crippen LogP contribution in [0.1, 0.15) is 42.9 Å². The number of H-pyrrole nitrogens is 1. The van der Waals surface area contributed by atoms with Crippen molar-refractivity contribution in [2.24, 2.45) is 5.92 Å². The summed E-state index contributed by atoms with van der Waals surface area (Å²) in [7, 11) is 0. The number of rotatable bonds is 5. The number of piperidine rings is 1. The summed E-state index contributed by atoms with van der Waals surface area (Å²) in [5.41, 5.74) is 1.46. The average Bonchev–Trinajstić information content (AvgIpc) is 3.04. The SMILES string of the molecule is CC(C)Cc1cc(C(=O)NC2CCCN(c3cnccn3)C2)n[nH]1. The minimum atomic E-state index is -0.118. The highest BCUT2D eigenvalue weighted by Crippen LogP contribution is 2.17. The third-order valence-electron chi connectivity index (χ3n) is 4.12. The molecular weight excluding hydrogens is 304 g/mol. The Morgan fingerprint density at radius 3 is 3.08 bits per heavy atom. The average molecular weight is 328 g/mol. The number of aromatic amines is 1. The smallest absolute Gasteiger partial charge is 0.272 e. The maximum Gasteiger partial charge on any atom is 0.272 e. The van der Waals surface area contributed by atoms with E-state index in [1.165, 1.54) is 0 Å². The van der Waals surface area contributed by atoms with E-state index >= 15 is 0 Å². The zero-order chi connectivity index (χ0) is 16.9. The topological polar surface area (TPSA) is 86.8 Å². The quantitative estimate of drug-likeness (QED) is 0.874. The number of hydrogen-bond donors (Lipinski definition) is 2. The molecule has 0 bridgehead atoms. The Hall–Kier alpha value is -2.44. The van der Waals surface area contributed by atoms with Gasteiger partial charge in [0.1, 0.15) is 11.5 Å². The fourth-order valence-electron chi connectivity index (χ4n) is 3.04. The maximum absolute atomic E-state index is 12.4. The van der Waals surface area contributed by atoms with E-state index in [-0.39, 0.29) is 11.9 Å². The van der Waals surface area contributed by atoms with Crippen LogP contribution in [0.3, 0.4) is 0 Å². The van der Waals surface area contributed by atoms with Gasteiger partial charge in [-0.15, -0.1) is 0 Å². The molecule has 1 atom stereocenters. The lowest BCUT2D eigenvalue weighted by Crippen LogP contribution is -2.48. The van der Waals surface area contributed by atoms with Gasteiger partial charge in [0.15, 0.2) is 0 Å². The molecule has 1 unspecified atom stereocenters. The highest BCUT2D eigenvalue weighted by Gasteiger charge is 2.23. The van der Waals surface area contributed by atoms with Crippen LogP contribution in [0.5, 0.6) is 0 Å². The molecule has 0 saturated carbocycles. The summed E-state index contributed by atoms with van der Waals surface area (Å²) in [5, 5.41) is 10.2. The molecule has 1 fully saturated rings. The molecule has 2 aromatic heterocycles. The van der Waals surface area contributed by atoms with Gasteiger partial charge in [0.05, 0.1) is 6.20 Å². The van der Waals surface area contributed by atoms with Crippen LogP contribution in [0.15, 0.2) is 24.7 Å². The molecule has 1 saturated heterocycles. The van der Waals surface area contributed by atoms with Crippen molar-refractivity contribution in [1.29, 1.82) is 0 Å². The molecule has 0 aliphatic carbocycles. The highest BCUT2D eigenvalue weighted by molar-refractivity contribution is 5.92.